The van der Waals surface area contributed by atoms with Gasteiger partial charge in [0, 0.05) is 11.6 Å². The first-order chi connectivity index (χ1) is 10.4. The smallest absolute Gasteiger partial charge is 0.341 e. The third-order valence-corrected chi connectivity index (χ3v) is 4.13. The zero-order chi connectivity index (χ0) is 16.2. The number of hydrogen-bond donors (Lipinski definition) is 2. The van der Waals surface area contributed by atoms with Gasteiger partial charge < -0.3 is 15.2 Å². The van der Waals surface area contributed by atoms with E-state index in [1.165, 1.54) is 0 Å². The second kappa shape index (κ2) is 6.81. The van der Waals surface area contributed by atoms with Gasteiger partial charge in [-0.15, -0.1) is 0 Å². The minimum absolute atomic E-state index is 0.134. The molecule has 0 atom stereocenters. The van der Waals surface area contributed by atoms with Gasteiger partial charge in [0.25, 0.3) is 5.91 Å². The van der Waals surface area contributed by atoms with E-state index in [1.54, 1.807) is 24.3 Å². The van der Waals surface area contributed by atoms with E-state index in [1.807, 2.05) is 0 Å². The van der Waals surface area contributed by atoms with Crippen molar-refractivity contribution in [3.8, 4) is 5.75 Å². The standard InChI is InChI=1S/C17H23NO4/c1-17(2)8-6-13(7-9-17)18-16(21)12-4-3-5-14(10-12)22-11-15(19)20/h3-5,10,13H,6-9,11H2,1-2H3,(H,18,21)(H,19,20). The summed E-state index contributed by atoms with van der Waals surface area (Å²) >= 11 is 0. The quantitative estimate of drug-likeness (QED) is 0.877. The first-order valence-corrected chi connectivity index (χ1v) is 7.61. The van der Waals surface area contributed by atoms with Crippen molar-refractivity contribution >= 4 is 11.9 Å². The van der Waals surface area contributed by atoms with Crippen molar-refractivity contribution in [2.75, 3.05) is 6.61 Å². The van der Waals surface area contributed by atoms with Crippen LogP contribution in [0.5, 0.6) is 5.75 Å². The van der Waals surface area contributed by atoms with Crippen LogP contribution in [0, 0.1) is 5.41 Å². The second-order valence-corrected chi connectivity index (χ2v) is 6.62. The first kappa shape index (κ1) is 16.3. The lowest BCUT2D eigenvalue weighted by Gasteiger charge is -2.34. The molecule has 1 amide bonds. The Morgan fingerprint density at radius 2 is 2.00 bits per heavy atom. The maximum atomic E-state index is 12.3. The summed E-state index contributed by atoms with van der Waals surface area (Å²) < 4.78 is 5.10. The van der Waals surface area contributed by atoms with E-state index in [0.717, 1.165) is 25.7 Å². The number of benzene rings is 1. The van der Waals surface area contributed by atoms with Crippen LogP contribution in [0.3, 0.4) is 0 Å². The lowest BCUT2D eigenvalue weighted by Crippen LogP contribution is -2.39. The SMILES string of the molecule is CC1(C)CCC(NC(=O)c2cccc(OCC(=O)O)c2)CC1. The Hall–Kier alpha value is -2.04. The average Bonchev–Trinajstić information content (AvgIpc) is 2.47. The van der Waals surface area contributed by atoms with Crippen LogP contribution < -0.4 is 10.1 Å². The average molecular weight is 305 g/mol. The van der Waals surface area contributed by atoms with Gasteiger partial charge in [-0.25, -0.2) is 4.79 Å². The van der Waals surface area contributed by atoms with Gasteiger partial charge in [0.2, 0.25) is 0 Å². The van der Waals surface area contributed by atoms with Gasteiger partial charge in [-0.2, -0.15) is 0 Å². The monoisotopic (exact) mass is 305 g/mol. The van der Waals surface area contributed by atoms with Crippen LogP contribution in [0.4, 0.5) is 0 Å². The highest BCUT2D eigenvalue weighted by atomic mass is 16.5. The van der Waals surface area contributed by atoms with Crippen molar-refractivity contribution in [3.05, 3.63) is 29.8 Å². The van der Waals surface area contributed by atoms with E-state index >= 15 is 0 Å². The molecule has 120 valence electrons. The van der Waals surface area contributed by atoms with Crippen LogP contribution in [0.25, 0.3) is 0 Å². The molecule has 0 unspecified atom stereocenters. The molecule has 1 saturated carbocycles. The lowest BCUT2D eigenvalue weighted by atomic mass is 9.75. The number of aliphatic carboxylic acids is 1. The summed E-state index contributed by atoms with van der Waals surface area (Å²) in [4.78, 5) is 22.8. The van der Waals surface area contributed by atoms with E-state index in [2.05, 4.69) is 19.2 Å². The molecule has 1 aromatic carbocycles. The van der Waals surface area contributed by atoms with Crippen LogP contribution in [-0.4, -0.2) is 29.6 Å². The summed E-state index contributed by atoms with van der Waals surface area (Å²) in [6.07, 6.45) is 4.21. The maximum Gasteiger partial charge on any atom is 0.341 e. The predicted molar refractivity (Wildman–Crippen MR) is 83.1 cm³/mol. The molecule has 5 nitrogen and oxygen atoms in total. The van der Waals surface area contributed by atoms with Gasteiger partial charge in [-0.3, -0.25) is 4.79 Å². The molecule has 0 radical (unpaired) electrons. The second-order valence-electron chi connectivity index (χ2n) is 6.62. The van der Waals surface area contributed by atoms with Crippen molar-refractivity contribution in [1.82, 2.24) is 5.32 Å². The third-order valence-electron chi connectivity index (χ3n) is 4.13. The Morgan fingerprint density at radius 3 is 2.64 bits per heavy atom. The highest BCUT2D eigenvalue weighted by Gasteiger charge is 2.27. The Morgan fingerprint density at radius 1 is 1.32 bits per heavy atom. The molecule has 2 N–H and O–H groups in total. The van der Waals surface area contributed by atoms with Gasteiger partial charge in [-0.05, 0) is 49.3 Å². The van der Waals surface area contributed by atoms with Gasteiger partial charge in [0.15, 0.2) is 6.61 Å². The summed E-state index contributed by atoms with van der Waals surface area (Å²) in [5, 5.41) is 11.7. The highest BCUT2D eigenvalue weighted by molar-refractivity contribution is 5.94. The van der Waals surface area contributed by atoms with Gasteiger partial charge >= 0.3 is 5.97 Å². The Balaban J connectivity index is 1.92. The molecule has 0 saturated heterocycles. The van der Waals surface area contributed by atoms with Crippen molar-refractivity contribution in [2.24, 2.45) is 5.41 Å². The molecule has 0 aromatic heterocycles. The molecule has 1 aliphatic carbocycles. The van der Waals surface area contributed by atoms with E-state index < -0.39 is 12.6 Å². The van der Waals surface area contributed by atoms with Crippen LogP contribution in [0.1, 0.15) is 49.9 Å². The number of ether oxygens (including phenoxy) is 1. The summed E-state index contributed by atoms with van der Waals surface area (Å²) in [6.45, 7) is 4.10. The fourth-order valence-electron chi connectivity index (χ4n) is 2.68. The molecule has 2 rings (SSSR count). The number of hydrogen-bond acceptors (Lipinski definition) is 3. The summed E-state index contributed by atoms with van der Waals surface area (Å²) in [6, 6.07) is 6.82. The van der Waals surface area contributed by atoms with E-state index in [-0.39, 0.29) is 11.9 Å². The molecule has 0 spiro atoms. The molecule has 1 aliphatic rings. The molecular formula is C17H23NO4. The minimum atomic E-state index is -1.04. The minimum Gasteiger partial charge on any atom is -0.482 e. The number of carbonyl (C=O) groups is 2. The predicted octanol–water partition coefficient (Wildman–Crippen LogP) is 2.85. The van der Waals surface area contributed by atoms with Crippen molar-refractivity contribution in [1.29, 1.82) is 0 Å². The fourth-order valence-corrected chi connectivity index (χ4v) is 2.68. The summed E-state index contributed by atoms with van der Waals surface area (Å²) in [5.74, 6) is -0.787. The summed E-state index contributed by atoms with van der Waals surface area (Å²) in [7, 11) is 0. The Kier molecular flexibility index (Phi) is 5.06. The van der Waals surface area contributed by atoms with Gasteiger partial charge in [-0.1, -0.05) is 19.9 Å². The topological polar surface area (TPSA) is 75.6 Å². The van der Waals surface area contributed by atoms with E-state index in [0.29, 0.717) is 16.7 Å². The normalized spacial score (nSPS) is 17.7. The van der Waals surface area contributed by atoms with Crippen molar-refractivity contribution in [2.45, 2.75) is 45.6 Å². The molecule has 22 heavy (non-hydrogen) atoms. The third kappa shape index (κ3) is 4.76. The number of amides is 1. The van der Waals surface area contributed by atoms with E-state index in [9.17, 15) is 9.59 Å². The van der Waals surface area contributed by atoms with Gasteiger partial charge in [0.05, 0.1) is 0 Å². The van der Waals surface area contributed by atoms with E-state index in [4.69, 9.17) is 9.84 Å². The highest BCUT2D eigenvalue weighted by Crippen LogP contribution is 2.35. The van der Waals surface area contributed by atoms with Gasteiger partial charge in [0.1, 0.15) is 5.75 Å². The number of carbonyl (C=O) groups excluding carboxylic acids is 1. The Bertz CT molecular complexity index is 543. The molecule has 0 aliphatic heterocycles. The lowest BCUT2D eigenvalue weighted by molar-refractivity contribution is -0.139. The van der Waals surface area contributed by atoms with Crippen molar-refractivity contribution in [3.63, 3.8) is 0 Å². The largest absolute Gasteiger partial charge is 0.482 e. The molecule has 0 bridgehead atoms. The zero-order valence-corrected chi connectivity index (χ0v) is 13.1. The van der Waals surface area contributed by atoms with Crippen LogP contribution in [0.2, 0.25) is 0 Å². The molecule has 0 heterocycles. The number of rotatable bonds is 5. The first-order valence-electron chi connectivity index (χ1n) is 7.61. The van der Waals surface area contributed by atoms with Crippen LogP contribution in [-0.2, 0) is 4.79 Å². The van der Waals surface area contributed by atoms with Crippen molar-refractivity contribution < 1.29 is 19.4 Å². The van der Waals surface area contributed by atoms with Crippen LogP contribution in [0.15, 0.2) is 24.3 Å². The van der Waals surface area contributed by atoms with Crippen LogP contribution >= 0.6 is 0 Å². The molecule has 1 aromatic rings. The fraction of sp³-hybridized carbons (Fsp3) is 0.529. The maximum absolute atomic E-state index is 12.3. The molecule has 5 heteroatoms. The molecule has 1 fully saturated rings. The number of carboxylic acid groups (broad SMARTS) is 1. The number of nitrogens with one attached hydrogen (secondary N) is 1. The molecular weight excluding hydrogens is 282 g/mol. The Labute approximate surface area is 130 Å². The number of carboxylic acids is 1. The summed E-state index contributed by atoms with van der Waals surface area (Å²) in [5.41, 5.74) is 0.860. The zero-order valence-electron chi connectivity index (χ0n) is 13.1.